The number of hydrogen-bond acceptors (Lipinski definition) is 5. The third kappa shape index (κ3) is 2.79. The average Bonchev–Trinajstić information content (AvgIpc) is 3.14. The van der Waals surface area contributed by atoms with Crippen LogP contribution in [0.5, 0.6) is 0 Å². The van der Waals surface area contributed by atoms with Crippen LogP contribution in [-0.2, 0) is 23.8 Å². The summed E-state index contributed by atoms with van der Waals surface area (Å²) in [5.74, 6) is 0.470. The number of hydrogen-bond donors (Lipinski definition) is 0. The van der Waals surface area contributed by atoms with E-state index in [1.807, 2.05) is 20.8 Å². The molecule has 0 N–H and O–H groups in total. The zero-order valence-corrected chi connectivity index (χ0v) is 15.1. The van der Waals surface area contributed by atoms with Crippen molar-refractivity contribution < 1.29 is 22.1 Å². The first kappa shape index (κ1) is 16.5. The van der Waals surface area contributed by atoms with Crippen molar-refractivity contribution in [2.24, 2.45) is 17.8 Å². The Morgan fingerprint density at radius 2 is 1.79 bits per heavy atom. The quantitative estimate of drug-likeness (QED) is 0.780. The van der Waals surface area contributed by atoms with Gasteiger partial charge in [-0.2, -0.15) is 8.42 Å². The molecule has 0 aromatic heterocycles. The van der Waals surface area contributed by atoms with Crippen molar-refractivity contribution in [3.05, 3.63) is 29.8 Å². The van der Waals surface area contributed by atoms with Crippen LogP contribution in [0.25, 0.3) is 0 Å². The lowest BCUT2D eigenvalue weighted by molar-refractivity contribution is -0.158. The third-order valence-electron chi connectivity index (χ3n) is 5.58. The van der Waals surface area contributed by atoms with Crippen LogP contribution in [-0.4, -0.2) is 33.0 Å². The molecule has 2 aliphatic carbocycles. The number of ether oxygens (including phenoxy) is 2. The van der Waals surface area contributed by atoms with Gasteiger partial charge in [-0.1, -0.05) is 17.7 Å². The molecule has 6 heteroatoms. The maximum atomic E-state index is 12.4. The third-order valence-corrected chi connectivity index (χ3v) is 6.88. The molecule has 1 heterocycles. The van der Waals surface area contributed by atoms with E-state index in [4.69, 9.17) is 13.7 Å². The largest absolute Gasteiger partial charge is 0.344 e. The molecule has 1 saturated heterocycles. The van der Waals surface area contributed by atoms with E-state index in [1.165, 1.54) is 0 Å². The van der Waals surface area contributed by atoms with Crippen molar-refractivity contribution in [2.45, 2.75) is 56.5 Å². The highest BCUT2D eigenvalue weighted by Gasteiger charge is 2.60. The fraction of sp³-hybridized carbons (Fsp3) is 0.667. The number of rotatable bonds is 4. The summed E-state index contributed by atoms with van der Waals surface area (Å²) in [6.45, 7) is 6.04. The molecule has 3 aliphatic rings. The van der Waals surface area contributed by atoms with Crippen LogP contribution in [0.15, 0.2) is 29.2 Å². The summed E-state index contributed by atoms with van der Waals surface area (Å²) in [5.41, 5.74) is 1.02. The SMILES string of the molecule is Cc1ccc(S(=O)(=O)OC[C@H]2C[C@@H]3C[C@H]2[C@H]2OC(C)(C)O[C@@H]32)cc1. The molecular formula is C18H24O5S. The monoisotopic (exact) mass is 352 g/mol. The Hall–Kier alpha value is -0.950. The molecule has 2 saturated carbocycles. The van der Waals surface area contributed by atoms with E-state index < -0.39 is 15.9 Å². The zero-order chi connectivity index (χ0) is 17.1. The van der Waals surface area contributed by atoms with Gasteiger partial charge in [0, 0.05) is 0 Å². The normalized spacial score (nSPS) is 36.9. The summed E-state index contributed by atoms with van der Waals surface area (Å²) in [4.78, 5) is 0.218. The summed E-state index contributed by atoms with van der Waals surface area (Å²) in [5, 5.41) is 0. The lowest BCUT2D eigenvalue weighted by atomic mass is 9.86. The Balaban J connectivity index is 1.42. The molecule has 5 atom stereocenters. The maximum Gasteiger partial charge on any atom is 0.296 e. The minimum absolute atomic E-state index is 0.0782. The van der Waals surface area contributed by atoms with E-state index in [-0.39, 0.29) is 29.6 Å². The Kier molecular flexibility index (Phi) is 3.80. The lowest BCUT2D eigenvalue weighted by Gasteiger charge is -2.28. The number of benzene rings is 1. The Morgan fingerprint density at radius 3 is 2.50 bits per heavy atom. The standard InChI is InChI=1S/C18H24O5S/c1-11-4-6-14(7-5-11)24(19,20)21-10-13-8-12-9-15(13)17-16(12)22-18(2,3)23-17/h4-7,12-13,15-17H,8-10H2,1-3H3/t12-,13-,15-,16+,17-/m1/s1. The summed E-state index contributed by atoms with van der Waals surface area (Å²) in [6, 6.07) is 6.75. The molecule has 1 aliphatic heterocycles. The van der Waals surface area contributed by atoms with E-state index in [9.17, 15) is 8.42 Å². The number of fused-ring (bicyclic) bond motifs is 5. The molecule has 3 fully saturated rings. The van der Waals surface area contributed by atoms with Crippen molar-refractivity contribution in [2.75, 3.05) is 6.61 Å². The van der Waals surface area contributed by atoms with Crippen LogP contribution in [0.3, 0.4) is 0 Å². The van der Waals surface area contributed by atoms with Crippen LogP contribution < -0.4 is 0 Å². The molecule has 2 bridgehead atoms. The van der Waals surface area contributed by atoms with Gasteiger partial charge in [0.1, 0.15) is 0 Å². The first-order chi connectivity index (χ1) is 11.3. The van der Waals surface area contributed by atoms with Gasteiger partial charge in [0.25, 0.3) is 10.1 Å². The number of aryl methyl sites for hydroxylation is 1. The highest BCUT2D eigenvalue weighted by Crippen LogP contribution is 2.55. The van der Waals surface area contributed by atoms with Gasteiger partial charge in [-0.3, -0.25) is 4.18 Å². The van der Waals surface area contributed by atoms with E-state index in [2.05, 4.69) is 0 Å². The summed E-state index contributed by atoms with van der Waals surface area (Å²) >= 11 is 0. The smallest absolute Gasteiger partial charge is 0.296 e. The van der Waals surface area contributed by atoms with Crippen molar-refractivity contribution in [1.29, 1.82) is 0 Å². The molecule has 0 unspecified atom stereocenters. The first-order valence-electron chi connectivity index (χ1n) is 8.57. The van der Waals surface area contributed by atoms with E-state index in [0.717, 1.165) is 18.4 Å². The van der Waals surface area contributed by atoms with Crippen LogP contribution in [0.1, 0.15) is 32.3 Å². The fourth-order valence-electron chi connectivity index (χ4n) is 4.53. The van der Waals surface area contributed by atoms with E-state index in [0.29, 0.717) is 11.8 Å². The van der Waals surface area contributed by atoms with E-state index >= 15 is 0 Å². The predicted molar refractivity (Wildman–Crippen MR) is 87.8 cm³/mol. The van der Waals surface area contributed by atoms with Crippen molar-refractivity contribution in [3.63, 3.8) is 0 Å². The summed E-state index contributed by atoms with van der Waals surface area (Å²) in [7, 11) is -3.70. The molecule has 0 amide bonds. The van der Waals surface area contributed by atoms with Gasteiger partial charge in [0.2, 0.25) is 0 Å². The molecule has 0 radical (unpaired) electrons. The van der Waals surface area contributed by atoms with Crippen molar-refractivity contribution in [1.82, 2.24) is 0 Å². The first-order valence-corrected chi connectivity index (χ1v) is 9.98. The molecule has 132 valence electrons. The second-order valence-electron chi connectivity index (χ2n) is 7.77. The molecule has 4 rings (SSSR count). The highest BCUT2D eigenvalue weighted by molar-refractivity contribution is 7.86. The lowest BCUT2D eigenvalue weighted by Crippen LogP contribution is -2.36. The molecule has 24 heavy (non-hydrogen) atoms. The Morgan fingerprint density at radius 1 is 1.12 bits per heavy atom. The van der Waals surface area contributed by atoms with Crippen molar-refractivity contribution in [3.8, 4) is 0 Å². The Bertz CT molecular complexity index is 724. The molecule has 1 aromatic carbocycles. The van der Waals surface area contributed by atoms with Gasteiger partial charge >= 0.3 is 0 Å². The van der Waals surface area contributed by atoms with Gasteiger partial charge in [-0.15, -0.1) is 0 Å². The predicted octanol–water partition coefficient (Wildman–Crippen LogP) is 2.88. The Labute approximate surface area is 143 Å². The topological polar surface area (TPSA) is 61.8 Å². The average molecular weight is 352 g/mol. The van der Waals surface area contributed by atoms with Gasteiger partial charge in [0.15, 0.2) is 5.79 Å². The van der Waals surface area contributed by atoms with Crippen molar-refractivity contribution >= 4 is 10.1 Å². The van der Waals surface area contributed by atoms with Crippen LogP contribution in [0, 0.1) is 24.7 Å². The summed E-state index contributed by atoms with van der Waals surface area (Å²) < 4.78 is 42.1. The van der Waals surface area contributed by atoms with Crippen LogP contribution >= 0.6 is 0 Å². The molecule has 0 spiro atoms. The molecular weight excluding hydrogens is 328 g/mol. The van der Waals surface area contributed by atoms with Crippen LogP contribution in [0.2, 0.25) is 0 Å². The molecule has 5 nitrogen and oxygen atoms in total. The van der Waals surface area contributed by atoms with Gasteiger partial charge < -0.3 is 9.47 Å². The van der Waals surface area contributed by atoms with Gasteiger partial charge in [0.05, 0.1) is 23.7 Å². The van der Waals surface area contributed by atoms with E-state index in [1.54, 1.807) is 24.3 Å². The minimum atomic E-state index is -3.70. The highest BCUT2D eigenvalue weighted by atomic mass is 32.2. The second kappa shape index (κ2) is 5.53. The van der Waals surface area contributed by atoms with Crippen LogP contribution in [0.4, 0.5) is 0 Å². The fourth-order valence-corrected chi connectivity index (χ4v) is 5.49. The zero-order valence-electron chi connectivity index (χ0n) is 14.3. The minimum Gasteiger partial charge on any atom is -0.344 e. The van der Waals surface area contributed by atoms with Gasteiger partial charge in [-0.25, -0.2) is 0 Å². The van der Waals surface area contributed by atoms with Gasteiger partial charge in [-0.05, 0) is 63.5 Å². The molecule has 1 aromatic rings. The second-order valence-corrected chi connectivity index (χ2v) is 9.39. The maximum absolute atomic E-state index is 12.4. The summed E-state index contributed by atoms with van der Waals surface area (Å²) in [6.07, 6.45) is 2.24.